The number of hydrogen-bond donors (Lipinski definition) is 0. The van der Waals surface area contributed by atoms with E-state index in [0.717, 1.165) is 11.1 Å². The van der Waals surface area contributed by atoms with E-state index >= 15 is 0 Å². The number of nitrogens with zero attached hydrogens (tertiary/aromatic N) is 3. The summed E-state index contributed by atoms with van der Waals surface area (Å²) in [5.74, 6) is 0. The maximum absolute atomic E-state index is 14.5. The summed E-state index contributed by atoms with van der Waals surface area (Å²) in [6, 6.07) is 7.97. The third kappa shape index (κ3) is 3.79. The highest BCUT2D eigenvalue weighted by Crippen LogP contribution is 2.38. The Morgan fingerprint density at radius 2 is 1.81 bits per heavy atom. The summed E-state index contributed by atoms with van der Waals surface area (Å²) >= 11 is 0. The molecular weight excluding hydrogens is 332 g/mol. The molecular formula is C19H23BFN3O2. The van der Waals surface area contributed by atoms with Crippen molar-refractivity contribution in [2.45, 2.75) is 45.4 Å². The Bertz CT molecular complexity index is 812. The zero-order valence-corrected chi connectivity index (χ0v) is 15.6. The number of hydrogen-bond acceptors (Lipinski definition) is 4. The van der Waals surface area contributed by atoms with Crippen molar-refractivity contribution in [1.29, 1.82) is 0 Å². The van der Waals surface area contributed by atoms with Crippen LogP contribution in [0.5, 0.6) is 0 Å². The van der Waals surface area contributed by atoms with Crippen molar-refractivity contribution in [3.8, 4) is 0 Å². The molecule has 0 radical (unpaired) electrons. The van der Waals surface area contributed by atoms with Crippen LogP contribution in [0.2, 0.25) is 0 Å². The molecule has 1 fully saturated rings. The lowest BCUT2D eigenvalue weighted by Crippen LogP contribution is -2.41. The molecule has 2 aromatic rings. The first-order chi connectivity index (χ1) is 12.2. The summed E-state index contributed by atoms with van der Waals surface area (Å²) in [4.78, 5) is 0. The average Bonchev–Trinajstić information content (AvgIpc) is 3.09. The smallest absolute Gasteiger partial charge is 0.398 e. The molecule has 2 heterocycles. The van der Waals surface area contributed by atoms with Gasteiger partial charge in [0.25, 0.3) is 0 Å². The highest BCUT2D eigenvalue weighted by Gasteiger charge is 2.53. The van der Waals surface area contributed by atoms with Crippen LogP contribution in [0.25, 0.3) is 12.2 Å². The Hall–Kier alpha value is -2.25. The zero-order chi connectivity index (χ0) is 18.9. The predicted octanol–water partition coefficient (Wildman–Crippen LogP) is 3.91. The predicted molar refractivity (Wildman–Crippen MR) is 101 cm³/mol. The van der Waals surface area contributed by atoms with Crippen LogP contribution in [-0.2, 0) is 15.9 Å². The molecule has 1 aromatic carbocycles. The second-order valence-electron chi connectivity index (χ2n) is 7.40. The van der Waals surface area contributed by atoms with Crippen molar-refractivity contribution >= 4 is 19.3 Å². The Balaban J connectivity index is 1.69. The van der Waals surface area contributed by atoms with Gasteiger partial charge >= 0.3 is 7.12 Å². The molecule has 3 rings (SSSR count). The third-order valence-electron chi connectivity index (χ3n) is 4.88. The first-order valence-electron chi connectivity index (χ1n) is 8.54. The Labute approximate surface area is 153 Å². The topological polar surface area (TPSA) is 49.2 Å². The maximum Gasteiger partial charge on any atom is 0.525 e. The van der Waals surface area contributed by atoms with Crippen molar-refractivity contribution in [2.75, 3.05) is 0 Å². The first-order valence-corrected chi connectivity index (χ1v) is 8.54. The van der Waals surface area contributed by atoms with Gasteiger partial charge in [0, 0.05) is 0 Å². The quantitative estimate of drug-likeness (QED) is 0.763. The third-order valence-corrected chi connectivity index (χ3v) is 4.88. The standard InChI is InChI=1S/C19H23BFN3O2/c1-6-14-7-9-15(10-8-14)12-24-13-16(22-23-24)11-17(21)20-25-18(2,3)19(4,5)26-20/h6-11,13H,1,12H2,2-5H3. The summed E-state index contributed by atoms with van der Waals surface area (Å²) in [5.41, 5.74) is 0.852. The molecule has 136 valence electrons. The van der Waals surface area contributed by atoms with Crippen molar-refractivity contribution in [3.63, 3.8) is 0 Å². The minimum absolute atomic E-state index is 0.417. The molecule has 1 aromatic heterocycles. The van der Waals surface area contributed by atoms with Crippen LogP contribution in [0.15, 0.2) is 42.8 Å². The SMILES string of the molecule is C=Cc1ccc(Cn2cc(C=C(F)B3OC(C)(C)C(C)(C)O3)nn2)cc1. The minimum Gasteiger partial charge on any atom is -0.398 e. The van der Waals surface area contributed by atoms with Gasteiger partial charge in [0.05, 0.1) is 23.9 Å². The molecule has 0 bridgehead atoms. The van der Waals surface area contributed by atoms with E-state index in [9.17, 15) is 4.39 Å². The van der Waals surface area contributed by atoms with Gasteiger partial charge < -0.3 is 9.31 Å². The van der Waals surface area contributed by atoms with Gasteiger partial charge in [0.15, 0.2) is 0 Å². The van der Waals surface area contributed by atoms with Gasteiger partial charge in [0.1, 0.15) is 11.4 Å². The van der Waals surface area contributed by atoms with Crippen LogP contribution in [0.1, 0.15) is 44.5 Å². The van der Waals surface area contributed by atoms with Gasteiger partial charge in [-0.3, -0.25) is 0 Å². The molecule has 5 nitrogen and oxygen atoms in total. The number of halogens is 1. The fraction of sp³-hybridized carbons (Fsp3) is 0.368. The molecule has 1 saturated heterocycles. The molecule has 0 amide bonds. The Kier molecular flexibility index (Phi) is 4.86. The fourth-order valence-corrected chi connectivity index (χ4v) is 2.57. The summed E-state index contributed by atoms with van der Waals surface area (Å²) in [5, 5.41) is 8.04. The normalized spacial score (nSPS) is 19.0. The lowest BCUT2D eigenvalue weighted by atomic mass is 9.87. The molecule has 1 aliphatic heterocycles. The number of aromatic nitrogens is 3. The molecule has 0 aliphatic carbocycles. The van der Waals surface area contributed by atoms with E-state index in [0.29, 0.717) is 12.2 Å². The van der Waals surface area contributed by atoms with Crippen LogP contribution in [0, 0.1) is 0 Å². The van der Waals surface area contributed by atoms with Crippen molar-refractivity contribution < 1.29 is 13.7 Å². The van der Waals surface area contributed by atoms with Crippen LogP contribution in [-0.4, -0.2) is 33.3 Å². The minimum atomic E-state index is -1.03. The van der Waals surface area contributed by atoms with Crippen molar-refractivity contribution in [3.05, 3.63) is 59.6 Å². The Morgan fingerprint density at radius 1 is 1.19 bits per heavy atom. The van der Waals surface area contributed by atoms with Gasteiger partial charge in [-0.15, -0.1) is 5.10 Å². The molecule has 1 aliphatic rings. The molecule has 7 heteroatoms. The summed E-state index contributed by atoms with van der Waals surface area (Å²) < 4.78 is 27.6. The molecule has 0 atom stereocenters. The van der Waals surface area contributed by atoms with Crippen LogP contribution in [0.4, 0.5) is 4.39 Å². The van der Waals surface area contributed by atoms with Crippen LogP contribution >= 0.6 is 0 Å². The highest BCUT2D eigenvalue weighted by molar-refractivity contribution is 6.54. The lowest BCUT2D eigenvalue weighted by molar-refractivity contribution is 0.00578. The maximum atomic E-state index is 14.5. The van der Waals surface area contributed by atoms with Crippen LogP contribution in [0.3, 0.4) is 0 Å². The second-order valence-corrected chi connectivity index (χ2v) is 7.40. The van der Waals surface area contributed by atoms with E-state index in [1.807, 2.05) is 52.0 Å². The van der Waals surface area contributed by atoms with E-state index < -0.39 is 24.0 Å². The van der Waals surface area contributed by atoms with E-state index in [-0.39, 0.29) is 0 Å². The van der Waals surface area contributed by atoms with Gasteiger partial charge in [-0.05, 0) is 44.9 Å². The second kappa shape index (κ2) is 6.81. The number of rotatable bonds is 5. The molecule has 0 unspecified atom stereocenters. The molecule has 26 heavy (non-hydrogen) atoms. The van der Waals surface area contributed by atoms with Crippen molar-refractivity contribution in [1.82, 2.24) is 15.0 Å². The van der Waals surface area contributed by atoms with Gasteiger partial charge in [-0.2, -0.15) is 0 Å². The summed E-state index contributed by atoms with van der Waals surface area (Å²) in [6.07, 6.45) is 4.78. The van der Waals surface area contributed by atoms with Crippen LogP contribution < -0.4 is 0 Å². The summed E-state index contributed by atoms with van der Waals surface area (Å²) in [7, 11) is -1.03. The van der Waals surface area contributed by atoms with Gasteiger partial charge in [-0.25, -0.2) is 9.07 Å². The van der Waals surface area contributed by atoms with E-state index in [1.54, 1.807) is 17.0 Å². The van der Waals surface area contributed by atoms with Gasteiger partial charge in [0.2, 0.25) is 0 Å². The highest BCUT2D eigenvalue weighted by atomic mass is 19.1. The average molecular weight is 355 g/mol. The zero-order valence-electron chi connectivity index (χ0n) is 15.6. The molecule has 0 N–H and O–H groups in total. The first kappa shape index (κ1) is 18.5. The molecule has 0 saturated carbocycles. The largest absolute Gasteiger partial charge is 0.525 e. The Morgan fingerprint density at radius 3 is 2.38 bits per heavy atom. The molecule has 0 spiro atoms. The van der Waals surface area contributed by atoms with E-state index in [1.165, 1.54) is 6.08 Å². The summed E-state index contributed by atoms with van der Waals surface area (Å²) in [6.45, 7) is 11.8. The monoisotopic (exact) mass is 355 g/mol. The lowest BCUT2D eigenvalue weighted by Gasteiger charge is -2.32. The van der Waals surface area contributed by atoms with Crippen molar-refractivity contribution in [2.24, 2.45) is 0 Å². The van der Waals surface area contributed by atoms with E-state index in [4.69, 9.17) is 9.31 Å². The fourth-order valence-electron chi connectivity index (χ4n) is 2.57. The number of benzene rings is 1. The van der Waals surface area contributed by atoms with E-state index in [2.05, 4.69) is 16.9 Å². The van der Waals surface area contributed by atoms with Gasteiger partial charge in [-0.1, -0.05) is 42.1 Å².